The van der Waals surface area contributed by atoms with Crippen molar-refractivity contribution in [1.82, 2.24) is 9.62 Å². The molecular weight excluding hydrogens is 269 g/mol. The molecule has 1 heterocycles. The van der Waals surface area contributed by atoms with Crippen LogP contribution in [0.1, 0.15) is 25.7 Å². The Balaban J connectivity index is 2.13. The van der Waals surface area contributed by atoms with Gasteiger partial charge in [-0.2, -0.15) is 17.5 Å². The summed E-state index contributed by atoms with van der Waals surface area (Å²) in [6.45, 7) is -0.366. The van der Waals surface area contributed by atoms with Gasteiger partial charge in [0.2, 0.25) is 10.0 Å². The zero-order valence-corrected chi connectivity index (χ0v) is 10.7. The first kappa shape index (κ1) is 14.1. The van der Waals surface area contributed by atoms with Crippen LogP contribution >= 0.6 is 0 Å². The standard InChI is InChI=1S/C10H17F3N2O2S/c11-10(12,13)7-15(8-3-4-8)18(16,17)9-2-1-5-14-6-9/h8-9,14H,1-7H2. The van der Waals surface area contributed by atoms with Crippen LogP contribution in [0.3, 0.4) is 0 Å². The molecule has 8 heteroatoms. The number of sulfonamides is 1. The molecular formula is C10H17F3N2O2S. The van der Waals surface area contributed by atoms with E-state index in [-0.39, 0.29) is 6.54 Å². The van der Waals surface area contributed by atoms with Gasteiger partial charge >= 0.3 is 6.18 Å². The van der Waals surface area contributed by atoms with E-state index in [4.69, 9.17) is 0 Å². The average Bonchev–Trinajstić information content (AvgIpc) is 3.09. The van der Waals surface area contributed by atoms with Crippen LogP contribution in [0.4, 0.5) is 13.2 Å². The van der Waals surface area contributed by atoms with Crippen molar-refractivity contribution in [2.24, 2.45) is 0 Å². The summed E-state index contributed by atoms with van der Waals surface area (Å²) in [6.07, 6.45) is -2.27. The maximum atomic E-state index is 12.5. The van der Waals surface area contributed by atoms with E-state index in [1.54, 1.807) is 0 Å². The molecule has 0 aromatic rings. The van der Waals surface area contributed by atoms with E-state index in [1.165, 1.54) is 0 Å². The molecule has 2 fully saturated rings. The first-order chi connectivity index (χ1) is 8.31. The molecule has 1 saturated heterocycles. The van der Waals surface area contributed by atoms with Crippen molar-refractivity contribution in [3.63, 3.8) is 0 Å². The number of nitrogens with one attached hydrogen (secondary N) is 1. The van der Waals surface area contributed by atoms with E-state index in [0.717, 1.165) is 6.54 Å². The first-order valence-electron chi connectivity index (χ1n) is 6.09. The number of alkyl halides is 3. The van der Waals surface area contributed by atoms with Gasteiger partial charge in [0.05, 0.1) is 5.25 Å². The minimum atomic E-state index is -4.47. The molecule has 1 N–H and O–H groups in total. The maximum Gasteiger partial charge on any atom is 0.402 e. The fraction of sp³-hybridized carbons (Fsp3) is 1.00. The molecule has 0 aromatic carbocycles. The monoisotopic (exact) mass is 286 g/mol. The summed E-state index contributed by atoms with van der Waals surface area (Å²) in [7, 11) is -3.84. The minimum absolute atomic E-state index is 0.253. The summed E-state index contributed by atoms with van der Waals surface area (Å²) < 4.78 is 62.5. The molecule has 1 atom stereocenters. The van der Waals surface area contributed by atoms with Gasteiger partial charge in [-0.05, 0) is 32.2 Å². The van der Waals surface area contributed by atoms with Crippen molar-refractivity contribution in [1.29, 1.82) is 0 Å². The lowest BCUT2D eigenvalue weighted by Crippen LogP contribution is -2.49. The molecule has 0 aromatic heterocycles. The fourth-order valence-corrected chi connectivity index (χ4v) is 4.36. The van der Waals surface area contributed by atoms with Crippen LogP contribution in [0.5, 0.6) is 0 Å². The van der Waals surface area contributed by atoms with Crippen LogP contribution in [0, 0.1) is 0 Å². The number of hydrogen-bond donors (Lipinski definition) is 1. The van der Waals surface area contributed by atoms with Crippen molar-refractivity contribution in [3.8, 4) is 0 Å². The van der Waals surface area contributed by atoms with E-state index < -0.39 is 34.0 Å². The molecule has 0 spiro atoms. The maximum absolute atomic E-state index is 12.5. The Morgan fingerprint density at radius 2 is 1.89 bits per heavy atom. The highest BCUT2D eigenvalue weighted by atomic mass is 32.2. The highest BCUT2D eigenvalue weighted by Crippen LogP contribution is 2.34. The van der Waals surface area contributed by atoms with E-state index in [2.05, 4.69) is 5.32 Å². The van der Waals surface area contributed by atoms with E-state index in [1.807, 2.05) is 0 Å². The Kier molecular flexibility index (Phi) is 3.89. The lowest BCUT2D eigenvalue weighted by Gasteiger charge is -2.30. The van der Waals surface area contributed by atoms with Crippen LogP contribution in [0.15, 0.2) is 0 Å². The van der Waals surface area contributed by atoms with Gasteiger partial charge in [0.25, 0.3) is 0 Å². The third-order valence-electron chi connectivity index (χ3n) is 3.29. The molecule has 1 aliphatic heterocycles. The van der Waals surface area contributed by atoms with Crippen molar-refractivity contribution >= 4 is 10.0 Å². The quantitative estimate of drug-likeness (QED) is 0.842. The molecule has 0 bridgehead atoms. The average molecular weight is 286 g/mol. The molecule has 1 unspecified atom stereocenters. The van der Waals surface area contributed by atoms with Gasteiger partial charge in [0.15, 0.2) is 0 Å². The van der Waals surface area contributed by atoms with Crippen molar-refractivity contribution < 1.29 is 21.6 Å². The Bertz CT molecular complexity index is 386. The van der Waals surface area contributed by atoms with Crippen LogP contribution in [-0.4, -0.2) is 49.8 Å². The molecule has 4 nitrogen and oxygen atoms in total. The van der Waals surface area contributed by atoms with Gasteiger partial charge in [0.1, 0.15) is 6.54 Å². The molecule has 1 saturated carbocycles. The zero-order valence-electron chi connectivity index (χ0n) is 9.91. The smallest absolute Gasteiger partial charge is 0.315 e. The van der Waals surface area contributed by atoms with Gasteiger partial charge < -0.3 is 5.32 Å². The largest absolute Gasteiger partial charge is 0.402 e. The molecule has 0 radical (unpaired) electrons. The number of hydrogen-bond acceptors (Lipinski definition) is 3. The number of piperidine rings is 1. The predicted octanol–water partition coefficient (Wildman–Crippen LogP) is 1.09. The second-order valence-electron chi connectivity index (χ2n) is 4.90. The summed E-state index contributed by atoms with van der Waals surface area (Å²) >= 11 is 0. The Labute approximate surface area is 105 Å². The summed E-state index contributed by atoms with van der Waals surface area (Å²) in [5, 5.41) is 2.22. The second-order valence-corrected chi connectivity index (χ2v) is 7.07. The Morgan fingerprint density at radius 3 is 2.33 bits per heavy atom. The van der Waals surface area contributed by atoms with Gasteiger partial charge in [-0.1, -0.05) is 0 Å². The normalized spacial score (nSPS) is 26.6. The highest BCUT2D eigenvalue weighted by Gasteiger charge is 2.46. The first-order valence-corrected chi connectivity index (χ1v) is 7.59. The molecule has 2 aliphatic rings. The Hall–Kier alpha value is -0.340. The SMILES string of the molecule is O=S(=O)(C1CCCNC1)N(CC(F)(F)F)C1CC1. The van der Waals surface area contributed by atoms with Crippen LogP contribution < -0.4 is 5.32 Å². The second kappa shape index (κ2) is 4.97. The van der Waals surface area contributed by atoms with Gasteiger partial charge in [-0.3, -0.25) is 0 Å². The molecule has 0 amide bonds. The van der Waals surface area contributed by atoms with Crippen molar-refractivity contribution in [2.45, 2.75) is 43.2 Å². The summed E-state index contributed by atoms with van der Waals surface area (Å²) in [5.74, 6) is 0. The van der Waals surface area contributed by atoms with Crippen LogP contribution in [0.25, 0.3) is 0 Å². The summed E-state index contributed by atoms with van der Waals surface area (Å²) in [6, 6.07) is -0.446. The van der Waals surface area contributed by atoms with Crippen molar-refractivity contribution in [3.05, 3.63) is 0 Å². The Morgan fingerprint density at radius 1 is 1.22 bits per heavy atom. The lowest BCUT2D eigenvalue weighted by atomic mass is 10.2. The van der Waals surface area contributed by atoms with Crippen LogP contribution in [-0.2, 0) is 10.0 Å². The van der Waals surface area contributed by atoms with Crippen molar-refractivity contribution in [2.75, 3.05) is 19.6 Å². The minimum Gasteiger partial charge on any atom is -0.315 e. The number of halogens is 3. The molecule has 1 aliphatic carbocycles. The molecule has 2 rings (SSSR count). The van der Waals surface area contributed by atoms with Gasteiger partial charge in [-0.25, -0.2) is 8.42 Å². The van der Waals surface area contributed by atoms with Crippen LogP contribution in [0.2, 0.25) is 0 Å². The molecule has 106 valence electrons. The zero-order chi connectivity index (χ0) is 13.4. The summed E-state index contributed by atoms with van der Waals surface area (Å²) in [5.41, 5.74) is 0. The topological polar surface area (TPSA) is 49.4 Å². The summed E-state index contributed by atoms with van der Waals surface area (Å²) in [4.78, 5) is 0. The fourth-order valence-electron chi connectivity index (χ4n) is 2.23. The highest BCUT2D eigenvalue weighted by molar-refractivity contribution is 7.89. The predicted molar refractivity (Wildman–Crippen MR) is 60.6 cm³/mol. The van der Waals surface area contributed by atoms with E-state index in [0.29, 0.717) is 30.0 Å². The van der Waals surface area contributed by atoms with E-state index >= 15 is 0 Å². The van der Waals surface area contributed by atoms with E-state index in [9.17, 15) is 21.6 Å². The third-order valence-corrected chi connectivity index (χ3v) is 5.61. The van der Waals surface area contributed by atoms with Gasteiger partial charge in [-0.15, -0.1) is 0 Å². The lowest BCUT2D eigenvalue weighted by molar-refractivity contribution is -0.137. The third kappa shape index (κ3) is 3.36. The van der Waals surface area contributed by atoms with Gasteiger partial charge in [0, 0.05) is 12.6 Å². The molecule has 18 heavy (non-hydrogen) atoms. The number of nitrogens with zero attached hydrogens (tertiary/aromatic N) is 1. The number of rotatable bonds is 4.